The summed E-state index contributed by atoms with van der Waals surface area (Å²) in [4.78, 5) is 11.5. The molecule has 22 heavy (non-hydrogen) atoms. The molecule has 1 heterocycles. The van der Waals surface area contributed by atoms with Crippen LogP contribution in [-0.2, 0) is 6.54 Å². The van der Waals surface area contributed by atoms with Crippen LogP contribution >= 0.6 is 34.8 Å². The van der Waals surface area contributed by atoms with Gasteiger partial charge in [-0.2, -0.15) is 0 Å². The molecule has 1 N–H and O–H groups in total. The van der Waals surface area contributed by atoms with Crippen molar-refractivity contribution in [1.29, 1.82) is 0 Å². The average Bonchev–Trinajstić information content (AvgIpc) is 2.81. The van der Waals surface area contributed by atoms with Gasteiger partial charge in [-0.15, -0.1) is 0 Å². The number of halogens is 3. The molecule has 3 aromatic rings. The van der Waals surface area contributed by atoms with E-state index in [4.69, 9.17) is 34.8 Å². The van der Waals surface area contributed by atoms with Crippen LogP contribution in [0, 0.1) is 0 Å². The Morgan fingerprint density at radius 1 is 1.00 bits per heavy atom. The molecule has 0 bridgehead atoms. The van der Waals surface area contributed by atoms with Gasteiger partial charge in [0, 0.05) is 17.0 Å². The maximum absolute atomic E-state index is 11.5. The third kappa shape index (κ3) is 2.80. The van der Waals surface area contributed by atoms with Crippen LogP contribution in [0.25, 0.3) is 10.9 Å². The van der Waals surface area contributed by atoms with Crippen LogP contribution < -0.4 is 0 Å². The number of carboxylic acids is 1. The normalized spacial score (nSPS) is 11.0. The summed E-state index contributed by atoms with van der Waals surface area (Å²) < 4.78 is 1.70. The number of hydrogen-bond acceptors (Lipinski definition) is 1. The van der Waals surface area contributed by atoms with E-state index >= 15 is 0 Å². The van der Waals surface area contributed by atoms with Crippen molar-refractivity contribution in [1.82, 2.24) is 4.57 Å². The van der Waals surface area contributed by atoms with E-state index in [-0.39, 0.29) is 5.69 Å². The number of aromatic nitrogens is 1. The summed E-state index contributed by atoms with van der Waals surface area (Å²) in [5.74, 6) is -0.993. The highest BCUT2D eigenvalue weighted by molar-refractivity contribution is 6.42. The first-order chi connectivity index (χ1) is 10.5. The Morgan fingerprint density at radius 3 is 2.45 bits per heavy atom. The SMILES string of the molecule is O=C(O)c1cc2ccc(Cl)cc2n1Cc1ccc(Cl)c(Cl)c1. The van der Waals surface area contributed by atoms with E-state index in [0.29, 0.717) is 21.6 Å². The Hall–Kier alpha value is -1.68. The summed E-state index contributed by atoms with van der Waals surface area (Å²) in [5, 5.41) is 11.7. The second-order valence-electron chi connectivity index (χ2n) is 4.87. The molecule has 0 saturated heterocycles. The third-order valence-corrected chi connectivity index (χ3v) is 4.38. The Morgan fingerprint density at radius 2 is 1.77 bits per heavy atom. The Balaban J connectivity index is 2.15. The minimum Gasteiger partial charge on any atom is -0.477 e. The lowest BCUT2D eigenvalue weighted by Gasteiger charge is -2.10. The molecule has 0 amide bonds. The number of hydrogen-bond donors (Lipinski definition) is 1. The summed E-state index contributed by atoms with van der Waals surface area (Å²) in [6.45, 7) is 0.363. The smallest absolute Gasteiger partial charge is 0.352 e. The maximum Gasteiger partial charge on any atom is 0.352 e. The highest BCUT2D eigenvalue weighted by Crippen LogP contribution is 2.27. The van der Waals surface area contributed by atoms with Crippen molar-refractivity contribution < 1.29 is 9.90 Å². The fourth-order valence-corrected chi connectivity index (χ4v) is 2.88. The lowest BCUT2D eigenvalue weighted by Crippen LogP contribution is -2.09. The highest BCUT2D eigenvalue weighted by Gasteiger charge is 2.15. The quantitative estimate of drug-likeness (QED) is 0.689. The average molecular weight is 355 g/mol. The number of rotatable bonds is 3. The van der Waals surface area contributed by atoms with Gasteiger partial charge >= 0.3 is 5.97 Å². The van der Waals surface area contributed by atoms with Gasteiger partial charge in [-0.1, -0.05) is 46.9 Å². The Labute approximate surface area is 141 Å². The van der Waals surface area contributed by atoms with E-state index in [0.717, 1.165) is 16.5 Å². The number of carboxylic acid groups (broad SMARTS) is 1. The lowest BCUT2D eigenvalue weighted by molar-refractivity contribution is 0.0686. The van der Waals surface area contributed by atoms with Gasteiger partial charge in [0.05, 0.1) is 15.6 Å². The van der Waals surface area contributed by atoms with Crippen LogP contribution in [0.1, 0.15) is 16.1 Å². The minimum absolute atomic E-state index is 0.198. The molecule has 0 atom stereocenters. The van der Waals surface area contributed by atoms with Gasteiger partial charge in [0.2, 0.25) is 0 Å². The summed E-state index contributed by atoms with van der Waals surface area (Å²) >= 11 is 18.0. The lowest BCUT2D eigenvalue weighted by atomic mass is 10.2. The molecule has 0 spiro atoms. The minimum atomic E-state index is -0.993. The standard InChI is InChI=1S/C16H10Cl3NO2/c17-11-3-2-10-6-15(16(21)22)20(14(10)7-11)8-9-1-4-12(18)13(19)5-9/h1-7H,8H2,(H,21,22). The number of aromatic carboxylic acids is 1. The molecule has 2 aromatic carbocycles. The molecule has 3 nitrogen and oxygen atoms in total. The van der Waals surface area contributed by atoms with Crippen LogP contribution in [0.3, 0.4) is 0 Å². The predicted octanol–water partition coefficient (Wildman–Crippen LogP) is 5.35. The van der Waals surface area contributed by atoms with Crippen molar-refractivity contribution >= 4 is 51.7 Å². The second-order valence-corrected chi connectivity index (χ2v) is 6.12. The van der Waals surface area contributed by atoms with Gasteiger partial charge in [0.25, 0.3) is 0 Å². The van der Waals surface area contributed by atoms with Crippen molar-refractivity contribution in [3.63, 3.8) is 0 Å². The van der Waals surface area contributed by atoms with Crippen molar-refractivity contribution in [2.45, 2.75) is 6.54 Å². The molecule has 112 valence electrons. The van der Waals surface area contributed by atoms with Gasteiger partial charge in [0.1, 0.15) is 5.69 Å². The van der Waals surface area contributed by atoms with E-state index in [9.17, 15) is 9.90 Å². The Bertz CT molecular complexity index is 886. The third-order valence-electron chi connectivity index (χ3n) is 3.41. The van der Waals surface area contributed by atoms with Crippen LogP contribution in [0.5, 0.6) is 0 Å². The first-order valence-corrected chi connectivity index (χ1v) is 7.55. The van der Waals surface area contributed by atoms with Crippen LogP contribution in [-0.4, -0.2) is 15.6 Å². The van der Waals surface area contributed by atoms with Crippen molar-refractivity contribution in [3.05, 3.63) is 68.8 Å². The van der Waals surface area contributed by atoms with Crippen molar-refractivity contribution in [2.24, 2.45) is 0 Å². The fourth-order valence-electron chi connectivity index (χ4n) is 2.40. The van der Waals surface area contributed by atoms with E-state index in [1.54, 1.807) is 41.0 Å². The molecule has 0 unspecified atom stereocenters. The first-order valence-electron chi connectivity index (χ1n) is 6.42. The monoisotopic (exact) mass is 353 g/mol. The summed E-state index contributed by atoms with van der Waals surface area (Å²) in [7, 11) is 0. The van der Waals surface area contributed by atoms with Crippen molar-refractivity contribution in [2.75, 3.05) is 0 Å². The Kier molecular flexibility index (Phi) is 4.04. The zero-order chi connectivity index (χ0) is 15.9. The maximum atomic E-state index is 11.5. The van der Waals surface area contributed by atoms with E-state index in [2.05, 4.69) is 0 Å². The van der Waals surface area contributed by atoms with Gasteiger partial charge in [-0.25, -0.2) is 4.79 Å². The second kappa shape index (κ2) is 5.84. The van der Waals surface area contributed by atoms with Gasteiger partial charge in [-0.05, 0) is 35.9 Å². The van der Waals surface area contributed by atoms with Gasteiger partial charge in [0.15, 0.2) is 0 Å². The zero-order valence-corrected chi connectivity index (χ0v) is 13.5. The topological polar surface area (TPSA) is 42.2 Å². The van der Waals surface area contributed by atoms with Gasteiger partial charge in [-0.3, -0.25) is 0 Å². The molecule has 0 aliphatic rings. The van der Waals surface area contributed by atoms with E-state index in [1.807, 2.05) is 6.07 Å². The number of carbonyl (C=O) groups is 1. The highest BCUT2D eigenvalue weighted by atomic mass is 35.5. The fraction of sp³-hybridized carbons (Fsp3) is 0.0625. The number of nitrogens with zero attached hydrogens (tertiary/aromatic N) is 1. The zero-order valence-electron chi connectivity index (χ0n) is 11.2. The van der Waals surface area contributed by atoms with Crippen LogP contribution in [0.15, 0.2) is 42.5 Å². The molecule has 0 fully saturated rings. The molecule has 0 aliphatic carbocycles. The summed E-state index contributed by atoms with van der Waals surface area (Å²) in [6.07, 6.45) is 0. The molecule has 6 heteroatoms. The summed E-state index contributed by atoms with van der Waals surface area (Å²) in [6, 6.07) is 12.2. The molecule has 3 rings (SSSR count). The van der Waals surface area contributed by atoms with Crippen molar-refractivity contribution in [3.8, 4) is 0 Å². The molecule has 0 radical (unpaired) electrons. The summed E-state index contributed by atoms with van der Waals surface area (Å²) in [5.41, 5.74) is 1.81. The molecule has 1 aromatic heterocycles. The van der Waals surface area contributed by atoms with Crippen LogP contribution in [0.4, 0.5) is 0 Å². The molecular formula is C16H10Cl3NO2. The van der Waals surface area contributed by atoms with E-state index < -0.39 is 5.97 Å². The number of benzene rings is 2. The number of fused-ring (bicyclic) bond motifs is 1. The molecular weight excluding hydrogens is 345 g/mol. The molecule has 0 aliphatic heterocycles. The van der Waals surface area contributed by atoms with Crippen LogP contribution in [0.2, 0.25) is 15.1 Å². The molecule has 0 saturated carbocycles. The van der Waals surface area contributed by atoms with E-state index in [1.165, 1.54) is 0 Å². The predicted molar refractivity (Wildman–Crippen MR) is 89.5 cm³/mol. The van der Waals surface area contributed by atoms with Gasteiger partial charge < -0.3 is 9.67 Å². The largest absolute Gasteiger partial charge is 0.477 e. The first kappa shape index (κ1) is 15.2.